The molecule has 0 atom stereocenters. The van der Waals surface area contributed by atoms with E-state index in [1.54, 1.807) is 25.4 Å². The minimum Gasteiger partial charge on any atom is -0.481 e. The highest BCUT2D eigenvalue weighted by molar-refractivity contribution is 5.94. The van der Waals surface area contributed by atoms with Crippen molar-refractivity contribution in [1.82, 2.24) is 9.88 Å². The van der Waals surface area contributed by atoms with E-state index in [9.17, 15) is 4.79 Å². The van der Waals surface area contributed by atoms with Gasteiger partial charge in [-0.05, 0) is 24.8 Å². The van der Waals surface area contributed by atoms with Crippen LogP contribution in [0.4, 0.5) is 0 Å². The number of nitrogens with zero attached hydrogens (tertiary/aromatic N) is 2. The molecule has 0 unspecified atom stereocenters. The Kier molecular flexibility index (Phi) is 4.15. The van der Waals surface area contributed by atoms with Crippen molar-refractivity contribution < 1.29 is 14.6 Å². The van der Waals surface area contributed by atoms with Crippen molar-refractivity contribution in [2.45, 2.75) is 12.8 Å². The van der Waals surface area contributed by atoms with Crippen LogP contribution < -0.4 is 4.74 Å². The van der Waals surface area contributed by atoms with Crippen LogP contribution in [-0.4, -0.2) is 47.7 Å². The number of pyridine rings is 1. The second kappa shape index (κ2) is 5.82. The van der Waals surface area contributed by atoms with Crippen LogP contribution in [0.25, 0.3) is 0 Å². The van der Waals surface area contributed by atoms with Gasteiger partial charge < -0.3 is 14.7 Å². The van der Waals surface area contributed by atoms with Gasteiger partial charge in [-0.25, -0.2) is 4.98 Å². The van der Waals surface area contributed by atoms with Gasteiger partial charge in [-0.1, -0.05) is 0 Å². The Morgan fingerprint density at radius 3 is 2.72 bits per heavy atom. The van der Waals surface area contributed by atoms with Crippen LogP contribution in [0.3, 0.4) is 0 Å². The van der Waals surface area contributed by atoms with Crippen LogP contribution in [0, 0.1) is 5.92 Å². The van der Waals surface area contributed by atoms with Crippen LogP contribution in [0.5, 0.6) is 5.88 Å². The molecule has 0 aromatic carbocycles. The van der Waals surface area contributed by atoms with Gasteiger partial charge in [-0.15, -0.1) is 0 Å². The summed E-state index contributed by atoms with van der Waals surface area (Å²) in [6.45, 7) is 1.62. The van der Waals surface area contributed by atoms with Crippen LogP contribution in [0.2, 0.25) is 0 Å². The number of aliphatic hydroxyl groups is 1. The zero-order chi connectivity index (χ0) is 13.0. The Morgan fingerprint density at radius 1 is 1.50 bits per heavy atom. The average Bonchev–Trinajstić information content (AvgIpc) is 2.47. The van der Waals surface area contributed by atoms with E-state index < -0.39 is 0 Å². The second-order valence-electron chi connectivity index (χ2n) is 4.51. The summed E-state index contributed by atoms with van der Waals surface area (Å²) in [4.78, 5) is 18.0. The summed E-state index contributed by atoms with van der Waals surface area (Å²) in [6.07, 6.45) is 3.27. The van der Waals surface area contributed by atoms with Gasteiger partial charge in [0, 0.05) is 32.0 Å². The molecule has 18 heavy (non-hydrogen) atoms. The normalized spacial score (nSPS) is 16.7. The molecular weight excluding hydrogens is 232 g/mol. The molecule has 0 spiro atoms. The van der Waals surface area contributed by atoms with Gasteiger partial charge in [0.2, 0.25) is 5.88 Å². The molecule has 0 saturated carbocycles. The molecule has 2 rings (SSSR count). The van der Waals surface area contributed by atoms with Crippen molar-refractivity contribution in [3.05, 3.63) is 23.9 Å². The van der Waals surface area contributed by atoms with Gasteiger partial charge in [0.15, 0.2) is 0 Å². The molecular formula is C13H18N2O3. The number of amides is 1. The van der Waals surface area contributed by atoms with Crippen molar-refractivity contribution in [2.75, 3.05) is 26.8 Å². The number of rotatable bonds is 3. The summed E-state index contributed by atoms with van der Waals surface area (Å²) in [5.74, 6) is 0.843. The maximum atomic E-state index is 12.2. The van der Waals surface area contributed by atoms with E-state index in [2.05, 4.69) is 4.98 Å². The Bertz CT molecular complexity index is 397. The molecule has 5 nitrogen and oxygen atoms in total. The van der Waals surface area contributed by atoms with Crippen molar-refractivity contribution in [3.63, 3.8) is 0 Å². The number of carbonyl (C=O) groups is 1. The first-order chi connectivity index (χ1) is 8.74. The SMILES string of the molecule is COc1ccc(C(=O)N2CCC(CO)CC2)cn1. The molecule has 1 aromatic heterocycles. The molecule has 0 radical (unpaired) electrons. The highest BCUT2D eigenvalue weighted by atomic mass is 16.5. The minimum atomic E-state index is 0.00143. The van der Waals surface area contributed by atoms with E-state index in [-0.39, 0.29) is 12.5 Å². The van der Waals surface area contributed by atoms with E-state index in [4.69, 9.17) is 9.84 Å². The summed E-state index contributed by atoms with van der Waals surface area (Å²) >= 11 is 0. The Morgan fingerprint density at radius 2 is 2.22 bits per heavy atom. The van der Waals surface area contributed by atoms with E-state index in [1.807, 2.05) is 4.90 Å². The molecule has 1 fully saturated rings. The molecule has 1 saturated heterocycles. The number of likely N-dealkylation sites (tertiary alicyclic amines) is 1. The zero-order valence-electron chi connectivity index (χ0n) is 10.5. The molecule has 1 aromatic rings. The van der Waals surface area contributed by atoms with Gasteiger partial charge in [-0.3, -0.25) is 4.79 Å². The predicted molar refractivity (Wildman–Crippen MR) is 66.5 cm³/mol. The first-order valence-electron chi connectivity index (χ1n) is 6.14. The monoisotopic (exact) mass is 250 g/mol. The third kappa shape index (κ3) is 2.79. The number of hydrogen-bond acceptors (Lipinski definition) is 4. The summed E-state index contributed by atoms with van der Waals surface area (Å²) < 4.78 is 4.96. The largest absolute Gasteiger partial charge is 0.481 e. The highest BCUT2D eigenvalue weighted by Gasteiger charge is 2.23. The average molecular weight is 250 g/mol. The number of piperidine rings is 1. The Balaban J connectivity index is 1.98. The van der Waals surface area contributed by atoms with Crippen LogP contribution in [0.1, 0.15) is 23.2 Å². The maximum Gasteiger partial charge on any atom is 0.255 e. The molecule has 0 aliphatic carbocycles. The van der Waals surface area contributed by atoms with Gasteiger partial charge in [0.05, 0.1) is 12.7 Å². The minimum absolute atomic E-state index is 0.00143. The Hall–Kier alpha value is -1.62. The molecule has 5 heteroatoms. The Labute approximate surface area is 106 Å². The number of aliphatic hydroxyl groups excluding tert-OH is 1. The van der Waals surface area contributed by atoms with Gasteiger partial charge in [0.1, 0.15) is 0 Å². The third-order valence-corrected chi connectivity index (χ3v) is 3.35. The van der Waals surface area contributed by atoms with E-state index in [1.165, 1.54) is 0 Å². The number of methoxy groups -OCH3 is 1. The van der Waals surface area contributed by atoms with Crippen molar-refractivity contribution in [3.8, 4) is 5.88 Å². The first kappa shape index (κ1) is 12.8. The lowest BCUT2D eigenvalue weighted by molar-refractivity contribution is 0.0650. The molecule has 1 amide bonds. The lowest BCUT2D eigenvalue weighted by Crippen LogP contribution is -2.39. The smallest absolute Gasteiger partial charge is 0.255 e. The lowest BCUT2D eigenvalue weighted by atomic mass is 9.97. The van der Waals surface area contributed by atoms with Gasteiger partial charge >= 0.3 is 0 Å². The van der Waals surface area contributed by atoms with Gasteiger partial charge in [-0.2, -0.15) is 0 Å². The molecule has 1 aliphatic heterocycles. The van der Waals surface area contributed by atoms with Crippen LogP contribution in [-0.2, 0) is 0 Å². The van der Waals surface area contributed by atoms with Crippen molar-refractivity contribution in [1.29, 1.82) is 0 Å². The zero-order valence-corrected chi connectivity index (χ0v) is 10.5. The van der Waals surface area contributed by atoms with Gasteiger partial charge in [0.25, 0.3) is 5.91 Å². The molecule has 1 N–H and O–H groups in total. The summed E-state index contributed by atoms with van der Waals surface area (Å²) in [5.41, 5.74) is 0.582. The second-order valence-corrected chi connectivity index (χ2v) is 4.51. The van der Waals surface area contributed by atoms with Crippen molar-refractivity contribution in [2.24, 2.45) is 5.92 Å². The van der Waals surface area contributed by atoms with Crippen LogP contribution >= 0.6 is 0 Å². The summed E-state index contributed by atoms with van der Waals surface area (Å²) in [7, 11) is 1.55. The molecule has 98 valence electrons. The van der Waals surface area contributed by atoms with E-state index in [0.29, 0.717) is 30.5 Å². The maximum absolute atomic E-state index is 12.2. The predicted octanol–water partition coefficient (Wildman–Crippen LogP) is 0.935. The molecule has 0 bridgehead atoms. The van der Waals surface area contributed by atoms with E-state index in [0.717, 1.165) is 12.8 Å². The van der Waals surface area contributed by atoms with E-state index >= 15 is 0 Å². The quantitative estimate of drug-likeness (QED) is 0.867. The first-order valence-corrected chi connectivity index (χ1v) is 6.14. The fourth-order valence-corrected chi connectivity index (χ4v) is 2.13. The fourth-order valence-electron chi connectivity index (χ4n) is 2.13. The summed E-state index contributed by atoms with van der Waals surface area (Å²) in [5, 5.41) is 9.06. The standard InChI is InChI=1S/C13H18N2O3/c1-18-12-3-2-11(8-14-12)13(17)15-6-4-10(9-16)5-7-15/h2-3,8,10,16H,4-7,9H2,1H3. The number of carbonyl (C=O) groups excluding carboxylic acids is 1. The van der Waals surface area contributed by atoms with Crippen LogP contribution in [0.15, 0.2) is 18.3 Å². The van der Waals surface area contributed by atoms with Crippen molar-refractivity contribution >= 4 is 5.91 Å². The number of hydrogen-bond donors (Lipinski definition) is 1. The lowest BCUT2D eigenvalue weighted by Gasteiger charge is -2.31. The number of ether oxygens (including phenoxy) is 1. The molecule has 1 aliphatic rings. The fraction of sp³-hybridized carbons (Fsp3) is 0.538. The highest BCUT2D eigenvalue weighted by Crippen LogP contribution is 2.18. The topological polar surface area (TPSA) is 62.7 Å². The number of aromatic nitrogens is 1. The third-order valence-electron chi connectivity index (χ3n) is 3.35. The summed E-state index contributed by atoms with van der Waals surface area (Å²) in [6, 6.07) is 3.42. The molecule has 2 heterocycles.